The van der Waals surface area contributed by atoms with Gasteiger partial charge in [0, 0.05) is 19.1 Å². The molecule has 1 fully saturated rings. The number of anilines is 2. The largest absolute Gasteiger partial charge is 0.467 e. The van der Waals surface area contributed by atoms with E-state index < -0.39 is 11.6 Å². The lowest BCUT2D eigenvalue weighted by Crippen LogP contribution is -2.53. The molecule has 29 heavy (non-hydrogen) atoms. The van der Waals surface area contributed by atoms with E-state index in [9.17, 15) is 9.59 Å². The summed E-state index contributed by atoms with van der Waals surface area (Å²) < 4.78 is 10.5. The molecule has 1 aliphatic rings. The molecule has 0 bridgehead atoms. The third-order valence-corrected chi connectivity index (χ3v) is 4.90. The summed E-state index contributed by atoms with van der Waals surface area (Å²) in [6.45, 7) is 8.39. The smallest absolute Gasteiger partial charge is 0.410 e. The number of hydrogen-bond donors (Lipinski definition) is 1. The van der Waals surface area contributed by atoms with E-state index in [0.29, 0.717) is 43.9 Å². The summed E-state index contributed by atoms with van der Waals surface area (Å²) >= 11 is 6.00. The standard InChI is InChI=1S/C19H30ClN5O4/c1-6-14(16(26)28-5)25(15-13(21)11-22-17(20)23-15)12-7-9-24(10-8-12)18(27)29-19(2,3)4/h11-12,14H,6-10,21H2,1-5H3/t14-/m1/s1. The number of nitrogens with zero attached hydrogens (tertiary/aromatic N) is 4. The SMILES string of the molecule is CC[C@H](C(=O)OC)N(c1nc(Cl)ncc1N)C1CCN(C(=O)OC(C)(C)C)CC1. The highest BCUT2D eigenvalue weighted by Gasteiger charge is 2.37. The number of halogens is 1. The molecule has 1 aliphatic heterocycles. The number of piperidine rings is 1. The van der Waals surface area contributed by atoms with Crippen LogP contribution in [0.3, 0.4) is 0 Å². The zero-order valence-corrected chi connectivity index (χ0v) is 18.4. The van der Waals surface area contributed by atoms with Crippen molar-refractivity contribution in [2.45, 2.75) is 64.6 Å². The van der Waals surface area contributed by atoms with Gasteiger partial charge in [-0.15, -0.1) is 0 Å². The molecule has 2 rings (SSSR count). The van der Waals surface area contributed by atoms with Crippen molar-refractivity contribution in [1.82, 2.24) is 14.9 Å². The van der Waals surface area contributed by atoms with E-state index in [1.807, 2.05) is 32.6 Å². The molecule has 0 spiro atoms. The Morgan fingerprint density at radius 3 is 2.52 bits per heavy atom. The van der Waals surface area contributed by atoms with Crippen molar-refractivity contribution in [2.75, 3.05) is 30.8 Å². The summed E-state index contributed by atoms with van der Waals surface area (Å²) in [5.74, 6) is 0.0224. The summed E-state index contributed by atoms with van der Waals surface area (Å²) in [7, 11) is 1.35. The Morgan fingerprint density at radius 1 is 1.38 bits per heavy atom. The minimum absolute atomic E-state index is 0.0464. The Balaban J connectivity index is 2.26. The maximum Gasteiger partial charge on any atom is 0.410 e. The highest BCUT2D eigenvalue weighted by atomic mass is 35.5. The Kier molecular flexibility index (Phi) is 7.51. The number of likely N-dealkylation sites (tertiary alicyclic amines) is 1. The molecule has 1 atom stereocenters. The van der Waals surface area contributed by atoms with Crippen molar-refractivity contribution in [3.05, 3.63) is 11.5 Å². The molecule has 0 saturated carbocycles. The average molecular weight is 428 g/mol. The van der Waals surface area contributed by atoms with Crippen LogP contribution in [-0.2, 0) is 14.3 Å². The van der Waals surface area contributed by atoms with Crippen LogP contribution in [0.4, 0.5) is 16.3 Å². The van der Waals surface area contributed by atoms with Crippen LogP contribution < -0.4 is 10.6 Å². The van der Waals surface area contributed by atoms with Crippen LogP contribution in [0.5, 0.6) is 0 Å². The van der Waals surface area contributed by atoms with E-state index in [0.717, 1.165) is 0 Å². The van der Waals surface area contributed by atoms with Crippen LogP contribution >= 0.6 is 11.6 Å². The molecule has 0 aromatic carbocycles. The van der Waals surface area contributed by atoms with Gasteiger partial charge in [-0.25, -0.2) is 14.6 Å². The molecular formula is C19H30ClN5O4. The first-order valence-corrected chi connectivity index (χ1v) is 10.1. The van der Waals surface area contributed by atoms with Gasteiger partial charge in [0.1, 0.15) is 11.6 Å². The Labute approximate surface area is 176 Å². The number of nitrogen functional groups attached to an aromatic ring is 1. The van der Waals surface area contributed by atoms with Gasteiger partial charge in [-0.05, 0) is 51.6 Å². The van der Waals surface area contributed by atoms with Gasteiger partial charge in [0.15, 0.2) is 5.82 Å². The Morgan fingerprint density at radius 2 is 2.00 bits per heavy atom. The highest BCUT2D eigenvalue weighted by molar-refractivity contribution is 6.28. The van der Waals surface area contributed by atoms with Gasteiger partial charge in [-0.1, -0.05) is 6.92 Å². The lowest BCUT2D eigenvalue weighted by molar-refractivity contribution is -0.142. The Bertz CT molecular complexity index is 732. The second-order valence-electron chi connectivity index (χ2n) is 7.97. The number of carbonyl (C=O) groups excluding carboxylic acids is 2. The third-order valence-electron chi connectivity index (χ3n) is 4.72. The van der Waals surface area contributed by atoms with Crippen LogP contribution in [0, 0.1) is 0 Å². The number of nitrogens with two attached hydrogens (primary N) is 1. The predicted molar refractivity (Wildman–Crippen MR) is 111 cm³/mol. The van der Waals surface area contributed by atoms with E-state index in [1.54, 1.807) is 4.90 Å². The first kappa shape index (κ1) is 23.0. The van der Waals surface area contributed by atoms with E-state index in [4.69, 9.17) is 26.8 Å². The number of amides is 1. The normalized spacial score (nSPS) is 16.3. The lowest BCUT2D eigenvalue weighted by atomic mass is 10.00. The number of hydrogen-bond acceptors (Lipinski definition) is 8. The van der Waals surface area contributed by atoms with Crippen molar-refractivity contribution in [1.29, 1.82) is 0 Å². The fraction of sp³-hybridized carbons (Fsp3) is 0.684. The van der Waals surface area contributed by atoms with Gasteiger partial charge < -0.3 is 25.0 Å². The van der Waals surface area contributed by atoms with Gasteiger partial charge >= 0.3 is 12.1 Å². The molecule has 1 aromatic rings. The van der Waals surface area contributed by atoms with Crippen molar-refractivity contribution in [2.24, 2.45) is 0 Å². The van der Waals surface area contributed by atoms with E-state index in [-0.39, 0.29) is 23.4 Å². The summed E-state index contributed by atoms with van der Waals surface area (Å²) in [4.78, 5) is 36.5. The number of esters is 1. The minimum atomic E-state index is -0.577. The summed E-state index contributed by atoms with van der Waals surface area (Å²) in [5, 5.41) is 0.0464. The molecule has 2 heterocycles. The molecule has 0 radical (unpaired) electrons. The van der Waals surface area contributed by atoms with Crippen molar-refractivity contribution in [3.63, 3.8) is 0 Å². The molecule has 0 aliphatic carbocycles. The van der Waals surface area contributed by atoms with E-state index >= 15 is 0 Å². The summed E-state index contributed by atoms with van der Waals surface area (Å²) in [6.07, 6.45) is 2.83. The topological polar surface area (TPSA) is 111 Å². The molecule has 162 valence electrons. The fourth-order valence-corrected chi connectivity index (χ4v) is 3.54. The van der Waals surface area contributed by atoms with Crippen LogP contribution in [0.25, 0.3) is 0 Å². The maximum atomic E-state index is 12.5. The van der Waals surface area contributed by atoms with Gasteiger partial charge in [-0.2, -0.15) is 4.98 Å². The Hall–Kier alpha value is -2.29. The van der Waals surface area contributed by atoms with Crippen LogP contribution in [0.2, 0.25) is 5.28 Å². The number of methoxy groups -OCH3 is 1. The maximum absolute atomic E-state index is 12.5. The van der Waals surface area contributed by atoms with Gasteiger partial charge in [-0.3, -0.25) is 0 Å². The molecule has 1 amide bonds. The molecule has 0 unspecified atom stereocenters. The molecule has 10 heteroatoms. The number of rotatable bonds is 5. The number of ether oxygens (including phenoxy) is 2. The van der Waals surface area contributed by atoms with Crippen LogP contribution in [0.15, 0.2) is 6.20 Å². The first-order chi connectivity index (χ1) is 13.6. The van der Waals surface area contributed by atoms with Crippen molar-refractivity contribution in [3.8, 4) is 0 Å². The second-order valence-corrected chi connectivity index (χ2v) is 8.31. The lowest BCUT2D eigenvalue weighted by Gasteiger charge is -2.42. The average Bonchev–Trinajstić information content (AvgIpc) is 2.66. The van der Waals surface area contributed by atoms with Crippen molar-refractivity contribution >= 4 is 35.2 Å². The quantitative estimate of drug-likeness (QED) is 0.564. The minimum Gasteiger partial charge on any atom is -0.467 e. The van der Waals surface area contributed by atoms with E-state index in [1.165, 1.54) is 13.3 Å². The zero-order valence-electron chi connectivity index (χ0n) is 17.6. The van der Waals surface area contributed by atoms with E-state index in [2.05, 4.69) is 9.97 Å². The highest BCUT2D eigenvalue weighted by Crippen LogP contribution is 2.31. The van der Waals surface area contributed by atoms with Crippen LogP contribution in [0.1, 0.15) is 47.0 Å². The monoisotopic (exact) mass is 427 g/mol. The second kappa shape index (κ2) is 9.47. The fourth-order valence-electron chi connectivity index (χ4n) is 3.41. The molecule has 2 N–H and O–H groups in total. The predicted octanol–water partition coefficient (Wildman–Crippen LogP) is 2.87. The van der Waals surface area contributed by atoms with Crippen LogP contribution in [-0.4, -0.2) is 64.8 Å². The zero-order chi connectivity index (χ0) is 21.8. The summed E-state index contributed by atoms with van der Waals surface area (Å²) in [6, 6.07) is -0.655. The molecule has 1 aromatic heterocycles. The number of aromatic nitrogens is 2. The third kappa shape index (κ3) is 5.85. The number of carbonyl (C=O) groups is 2. The molecular weight excluding hydrogens is 398 g/mol. The molecule has 9 nitrogen and oxygen atoms in total. The van der Waals surface area contributed by atoms with Crippen molar-refractivity contribution < 1.29 is 19.1 Å². The molecule has 1 saturated heterocycles. The van der Waals surface area contributed by atoms with Gasteiger partial charge in [0.2, 0.25) is 5.28 Å². The van der Waals surface area contributed by atoms with Gasteiger partial charge in [0.05, 0.1) is 19.0 Å². The first-order valence-electron chi connectivity index (χ1n) is 9.69. The summed E-state index contributed by atoms with van der Waals surface area (Å²) in [5.41, 5.74) is 5.89. The van der Waals surface area contributed by atoms with Gasteiger partial charge in [0.25, 0.3) is 0 Å².